The van der Waals surface area contributed by atoms with E-state index < -0.39 is 5.91 Å². The highest BCUT2D eigenvalue weighted by molar-refractivity contribution is 7.98. The van der Waals surface area contributed by atoms with E-state index in [4.69, 9.17) is 22.1 Å². The van der Waals surface area contributed by atoms with Crippen molar-refractivity contribution in [1.29, 1.82) is 0 Å². The Kier molecular flexibility index (Phi) is 4.93. The summed E-state index contributed by atoms with van der Waals surface area (Å²) in [6, 6.07) is 12.8. The molecule has 0 saturated carbocycles. The maximum atomic E-state index is 11.2. The van der Waals surface area contributed by atoms with Gasteiger partial charge in [0.05, 0.1) is 7.11 Å². The zero-order valence-corrected chi connectivity index (χ0v) is 12.5. The molecule has 0 fully saturated rings. The third kappa shape index (κ3) is 3.68. The van der Waals surface area contributed by atoms with Crippen molar-refractivity contribution in [3.63, 3.8) is 0 Å². The maximum absolute atomic E-state index is 11.2. The molecule has 2 rings (SSSR count). The molecule has 104 valence electrons. The number of carbonyl (C=O) groups excluding carboxylic acids is 1. The van der Waals surface area contributed by atoms with Gasteiger partial charge in [0, 0.05) is 26.8 Å². The predicted molar refractivity (Wildman–Crippen MR) is 82.5 cm³/mol. The van der Waals surface area contributed by atoms with Gasteiger partial charge in [-0.25, -0.2) is 0 Å². The molecule has 0 aliphatic rings. The van der Waals surface area contributed by atoms with Gasteiger partial charge in [-0.1, -0.05) is 11.6 Å². The highest BCUT2D eigenvalue weighted by atomic mass is 35.5. The zero-order valence-electron chi connectivity index (χ0n) is 10.9. The molecule has 0 aliphatic heterocycles. The first kappa shape index (κ1) is 14.8. The Morgan fingerprint density at radius 2 is 1.95 bits per heavy atom. The van der Waals surface area contributed by atoms with E-state index >= 15 is 0 Å². The highest BCUT2D eigenvalue weighted by Gasteiger charge is 2.08. The van der Waals surface area contributed by atoms with Crippen molar-refractivity contribution >= 4 is 29.3 Å². The lowest BCUT2D eigenvalue weighted by Crippen LogP contribution is -2.11. The Hall–Kier alpha value is -1.65. The average Bonchev–Trinajstić information content (AvgIpc) is 2.46. The third-order valence-electron chi connectivity index (χ3n) is 2.77. The molecule has 1 amide bonds. The fourth-order valence-corrected chi connectivity index (χ4v) is 2.74. The smallest absolute Gasteiger partial charge is 0.248 e. The van der Waals surface area contributed by atoms with Gasteiger partial charge >= 0.3 is 0 Å². The second-order valence-corrected chi connectivity index (χ2v) is 5.62. The quantitative estimate of drug-likeness (QED) is 0.856. The monoisotopic (exact) mass is 307 g/mol. The van der Waals surface area contributed by atoms with Crippen LogP contribution in [0.1, 0.15) is 15.9 Å². The Morgan fingerprint density at radius 1 is 1.25 bits per heavy atom. The first-order valence-electron chi connectivity index (χ1n) is 5.95. The first-order valence-corrected chi connectivity index (χ1v) is 7.31. The van der Waals surface area contributed by atoms with Crippen LogP contribution in [-0.4, -0.2) is 13.0 Å². The van der Waals surface area contributed by atoms with Crippen LogP contribution >= 0.6 is 23.4 Å². The minimum atomic E-state index is -0.439. The first-order chi connectivity index (χ1) is 9.60. The maximum Gasteiger partial charge on any atom is 0.248 e. The van der Waals surface area contributed by atoms with Gasteiger partial charge in [-0.2, -0.15) is 0 Å². The fourth-order valence-electron chi connectivity index (χ4n) is 1.74. The van der Waals surface area contributed by atoms with Gasteiger partial charge in [-0.15, -0.1) is 11.8 Å². The summed E-state index contributed by atoms with van der Waals surface area (Å²) < 4.78 is 5.30. The van der Waals surface area contributed by atoms with Crippen molar-refractivity contribution in [1.82, 2.24) is 0 Å². The van der Waals surface area contributed by atoms with Gasteiger partial charge in [0.1, 0.15) is 5.75 Å². The summed E-state index contributed by atoms with van der Waals surface area (Å²) >= 11 is 7.49. The Balaban J connectivity index is 2.16. The van der Waals surface area contributed by atoms with Crippen LogP contribution in [0.15, 0.2) is 47.4 Å². The van der Waals surface area contributed by atoms with Gasteiger partial charge < -0.3 is 10.5 Å². The molecule has 3 nitrogen and oxygen atoms in total. The normalized spacial score (nSPS) is 10.3. The van der Waals surface area contributed by atoms with E-state index in [2.05, 4.69) is 0 Å². The molecule has 0 spiro atoms. The number of ether oxygens (including phenoxy) is 1. The topological polar surface area (TPSA) is 52.3 Å². The van der Waals surface area contributed by atoms with Crippen LogP contribution < -0.4 is 10.5 Å². The number of hydrogen-bond acceptors (Lipinski definition) is 3. The van der Waals surface area contributed by atoms with Crippen LogP contribution in [0.5, 0.6) is 5.75 Å². The summed E-state index contributed by atoms with van der Waals surface area (Å²) in [5.74, 6) is 0.994. The summed E-state index contributed by atoms with van der Waals surface area (Å²) in [5.41, 5.74) is 6.71. The summed E-state index contributed by atoms with van der Waals surface area (Å²) in [6.45, 7) is 0. The average molecular weight is 308 g/mol. The molecular formula is C15H14ClNO2S. The molecular weight excluding hydrogens is 294 g/mol. The molecule has 0 radical (unpaired) electrons. The Bertz CT molecular complexity index is 614. The minimum absolute atomic E-state index is 0.439. The predicted octanol–water partition coefficient (Wildman–Crippen LogP) is 3.74. The van der Waals surface area contributed by atoms with Crippen molar-refractivity contribution in [3.8, 4) is 5.75 Å². The second kappa shape index (κ2) is 6.68. The number of thioether (sulfide) groups is 1. The molecule has 0 heterocycles. The van der Waals surface area contributed by atoms with E-state index in [-0.39, 0.29) is 0 Å². The van der Waals surface area contributed by atoms with Crippen molar-refractivity contribution in [2.75, 3.05) is 7.11 Å². The van der Waals surface area contributed by atoms with Crippen molar-refractivity contribution in [2.24, 2.45) is 5.73 Å². The van der Waals surface area contributed by atoms with Gasteiger partial charge in [0.15, 0.2) is 0 Å². The largest absolute Gasteiger partial charge is 0.496 e. The van der Waals surface area contributed by atoms with Crippen LogP contribution in [0.3, 0.4) is 0 Å². The molecule has 0 aromatic heterocycles. The molecule has 0 bridgehead atoms. The van der Waals surface area contributed by atoms with Crippen LogP contribution in [0, 0.1) is 0 Å². The summed E-state index contributed by atoms with van der Waals surface area (Å²) in [5, 5.41) is 0.711. The number of amides is 1. The molecule has 5 heteroatoms. The van der Waals surface area contributed by atoms with Gasteiger partial charge in [-0.3, -0.25) is 4.79 Å². The number of hydrogen-bond donors (Lipinski definition) is 1. The highest BCUT2D eigenvalue weighted by Crippen LogP contribution is 2.29. The number of rotatable bonds is 5. The summed E-state index contributed by atoms with van der Waals surface area (Å²) in [6.07, 6.45) is 0. The Morgan fingerprint density at radius 3 is 2.55 bits per heavy atom. The number of methoxy groups -OCH3 is 1. The van der Waals surface area contributed by atoms with E-state index in [9.17, 15) is 4.79 Å². The number of nitrogens with two attached hydrogens (primary N) is 1. The number of halogens is 1. The third-order valence-corrected chi connectivity index (χ3v) is 4.09. The van der Waals surface area contributed by atoms with Crippen molar-refractivity contribution in [3.05, 3.63) is 58.6 Å². The lowest BCUT2D eigenvalue weighted by atomic mass is 10.1. The van der Waals surface area contributed by atoms with E-state index in [1.54, 1.807) is 37.1 Å². The molecule has 2 N–H and O–H groups in total. The number of primary amides is 1. The molecule has 2 aromatic rings. The fraction of sp³-hybridized carbons (Fsp3) is 0.133. The lowest BCUT2D eigenvalue weighted by Gasteiger charge is -2.09. The number of carbonyl (C=O) groups is 1. The summed E-state index contributed by atoms with van der Waals surface area (Å²) in [7, 11) is 1.61. The molecule has 2 aromatic carbocycles. The molecule has 0 aliphatic carbocycles. The van der Waals surface area contributed by atoms with Gasteiger partial charge in [-0.05, 0) is 42.5 Å². The van der Waals surface area contributed by atoms with E-state index in [0.29, 0.717) is 16.3 Å². The molecule has 20 heavy (non-hydrogen) atoms. The van der Waals surface area contributed by atoms with Crippen molar-refractivity contribution < 1.29 is 9.53 Å². The van der Waals surface area contributed by atoms with Crippen molar-refractivity contribution in [2.45, 2.75) is 10.6 Å². The van der Waals surface area contributed by atoms with E-state index in [1.165, 1.54) is 0 Å². The zero-order chi connectivity index (χ0) is 14.5. The van der Waals surface area contributed by atoms with E-state index in [1.807, 2.05) is 24.3 Å². The van der Waals surface area contributed by atoms with Crippen LogP contribution in [0.25, 0.3) is 0 Å². The van der Waals surface area contributed by atoms with Crippen LogP contribution in [0.2, 0.25) is 5.02 Å². The minimum Gasteiger partial charge on any atom is -0.496 e. The van der Waals surface area contributed by atoms with Crippen LogP contribution in [-0.2, 0) is 5.75 Å². The Labute approximate surface area is 127 Å². The lowest BCUT2D eigenvalue weighted by molar-refractivity contribution is 0.1000. The standard InChI is InChI=1S/C15H14ClNO2S/c1-19-14-7-2-10(15(17)18)8-11(14)9-20-13-5-3-12(16)4-6-13/h2-8H,9H2,1H3,(H2,17,18). The molecule has 0 saturated heterocycles. The second-order valence-electron chi connectivity index (χ2n) is 4.13. The van der Waals surface area contributed by atoms with Gasteiger partial charge in [0.25, 0.3) is 0 Å². The SMILES string of the molecule is COc1ccc(C(N)=O)cc1CSc1ccc(Cl)cc1. The molecule has 0 atom stereocenters. The van der Waals surface area contributed by atoms with E-state index in [0.717, 1.165) is 16.2 Å². The summed E-state index contributed by atoms with van der Waals surface area (Å²) in [4.78, 5) is 12.3. The molecule has 0 unspecified atom stereocenters. The van der Waals surface area contributed by atoms with Crippen LogP contribution in [0.4, 0.5) is 0 Å². The number of benzene rings is 2. The van der Waals surface area contributed by atoms with Gasteiger partial charge in [0.2, 0.25) is 5.91 Å².